The molecular formula is C18H23N2O2+. The molecule has 22 heavy (non-hydrogen) atoms. The van der Waals surface area contributed by atoms with Gasteiger partial charge in [-0.25, -0.2) is 0 Å². The molecule has 0 aliphatic carbocycles. The normalized spacial score (nSPS) is 25.1. The van der Waals surface area contributed by atoms with Crippen LogP contribution < -0.4 is 10.2 Å². The number of nitrogens with one attached hydrogen (secondary N) is 2. The van der Waals surface area contributed by atoms with Crippen molar-refractivity contribution in [3.8, 4) is 0 Å². The molecule has 2 aromatic rings. The van der Waals surface area contributed by atoms with Gasteiger partial charge in [-0.15, -0.1) is 0 Å². The Morgan fingerprint density at radius 2 is 1.82 bits per heavy atom. The third-order valence-electron chi connectivity index (χ3n) is 4.09. The van der Waals surface area contributed by atoms with Crippen LogP contribution >= 0.6 is 0 Å². The van der Waals surface area contributed by atoms with Crippen molar-refractivity contribution in [1.82, 2.24) is 0 Å². The summed E-state index contributed by atoms with van der Waals surface area (Å²) >= 11 is 0. The first kappa shape index (κ1) is 15.0. The Bertz CT molecular complexity index is 656. The van der Waals surface area contributed by atoms with E-state index in [1.807, 2.05) is 30.3 Å². The molecule has 0 unspecified atom stereocenters. The number of morpholine rings is 1. The second-order valence-corrected chi connectivity index (χ2v) is 6.17. The molecule has 116 valence electrons. The number of carbonyl (C=O) groups excluding carboxylic acids is 1. The average Bonchev–Trinajstić information content (AvgIpc) is 2.46. The summed E-state index contributed by atoms with van der Waals surface area (Å²) in [5.74, 6) is 0.0626. The molecule has 0 bridgehead atoms. The zero-order valence-corrected chi connectivity index (χ0v) is 13.1. The topological polar surface area (TPSA) is 42.8 Å². The number of benzene rings is 2. The van der Waals surface area contributed by atoms with E-state index in [4.69, 9.17) is 4.74 Å². The Kier molecular flexibility index (Phi) is 4.41. The Labute approximate surface area is 131 Å². The highest BCUT2D eigenvalue weighted by Gasteiger charge is 2.27. The monoisotopic (exact) mass is 299 g/mol. The lowest BCUT2D eigenvalue weighted by Crippen LogP contribution is -3.16. The molecule has 0 radical (unpaired) electrons. The lowest BCUT2D eigenvalue weighted by atomic mass is 10.1. The lowest BCUT2D eigenvalue weighted by Gasteiger charge is -2.31. The minimum absolute atomic E-state index is 0.0626. The van der Waals surface area contributed by atoms with Crippen LogP contribution in [0.15, 0.2) is 42.5 Å². The van der Waals surface area contributed by atoms with Gasteiger partial charge in [0.15, 0.2) is 6.54 Å². The zero-order chi connectivity index (χ0) is 15.5. The number of anilines is 1. The highest BCUT2D eigenvalue weighted by Crippen LogP contribution is 2.22. The third-order valence-corrected chi connectivity index (χ3v) is 4.09. The molecule has 1 aliphatic rings. The second-order valence-electron chi connectivity index (χ2n) is 6.17. The number of quaternary nitrogens is 1. The van der Waals surface area contributed by atoms with Gasteiger partial charge in [-0.05, 0) is 25.3 Å². The predicted molar refractivity (Wildman–Crippen MR) is 88.2 cm³/mol. The van der Waals surface area contributed by atoms with Crippen LogP contribution in [-0.2, 0) is 9.53 Å². The van der Waals surface area contributed by atoms with Gasteiger partial charge < -0.3 is 15.0 Å². The summed E-state index contributed by atoms with van der Waals surface area (Å²) in [6.07, 6.45) is 0.424. The minimum atomic E-state index is 0.0626. The Balaban J connectivity index is 1.68. The number of ether oxygens (including phenoxy) is 1. The first-order valence-corrected chi connectivity index (χ1v) is 7.88. The van der Waals surface area contributed by atoms with Crippen LogP contribution in [0.3, 0.4) is 0 Å². The van der Waals surface area contributed by atoms with Gasteiger partial charge in [-0.3, -0.25) is 4.79 Å². The van der Waals surface area contributed by atoms with Gasteiger partial charge in [-0.2, -0.15) is 0 Å². The average molecular weight is 299 g/mol. The van der Waals surface area contributed by atoms with Gasteiger partial charge in [0, 0.05) is 11.1 Å². The molecule has 1 amide bonds. The fourth-order valence-corrected chi connectivity index (χ4v) is 3.29. The van der Waals surface area contributed by atoms with Gasteiger partial charge >= 0.3 is 0 Å². The van der Waals surface area contributed by atoms with Crippen molar-refractivity contribution >= 4 is 22.4 Å². The number of hydrogen-bond acceptors (Lipinski definition) is 2. The maximum absolute atomic E-state index is 12.4. The van der Waals surface area contributed by atoms with Crippen molar-refractivity contribution < 1.29 is 14.4 Å². The Hall–Kier alpha value is -1.91. The number of hydrogen-bond donors (Lipinski definition) is 2. The van der Waals surface area contributed by atoms with Crippen LogP contribution in [0.1, 0.15) is 13.8 Å². The molecule has 0 aromatic heterocycles. The van der Waals surface area contributed by atoms with Crippen molar-refractivity contribution in [2.75, 3.05) is 25.0 Å². The van der Waals surface area contributed by atoms with Crippen LogP contribution in [0.2, 0.25) is 0 Å². The van der Waals surface area contributed by atoms with Crippen LogP contribution in [0.5, 0.6) is 0 Å². The first-order chi connectivity index (χ1) is 10.6. The Morgan fingerprint density at radius 1 is 1.14 bits per heavy atom. The molecule has 1 heterocycles. The molecule has 3 rings (SSSR count). The number of amides is 1. The number of carbonyl (C=O) groups is 1. The molecule has 2 atom stereocenters. The van der Waals surface area contributed by atoms with E-state index >= 15 is 0 Å². The van der Waals surface area contributed by atoms with Crippen molar-refractivity contribution in [3.05, 3.63) is 42.5 Å². The predicted octanol–water partition coefficient (Wildman–Crippen LogP) is 1.47. The molecule has 4 nitrogen and oxygen atoms in total. The SMILES string of the molecule is C[C@H]1C[NH+](CC(=O)Nc2cccc3ccccc23)C[C@H](C)O1. The van der Waals surface area contributed by atoms with Crippen LogP contribution in [0, 0.1) is 0 Å². The smallest absolute Gasteiger partial charge is 0.279 e. The van der Waals surface area contributed by atoms with Crippen molar-refractivity contribution in [1.29, 1.82) is 0 Å². The van der Waals surface area contributed by atoms with Crippen molar-refractivity contribution in [3.63, 3.8) is 0 Å². The standard InChI is InChI=1S/C18H22N2O2/c1-13-10-20(11-14(2)22-13)12-18(21)19-17-9-5-7-15-6-3-4-8-16(15)17/h3-9,13-14H,10-12H2,1-2H3,(H,19,21)/p+1/t13-,14-/m0/s1. The van der Waals surface area contributed by atoms with Crippen molar-refractivity contribution in [2.24, 2.45) is 0 Å². The highest BCUT2D eigenvalue weighted by atomic mass is 16.5. The lowest BCUT2D eigenvalue weighted by molar-refractivity contribution is -0.907. The summed E-state index contributed by atoms with van der Waals surface area (Å²) in [4.78, 5) is 13.6. The molecule has 2 aromatic carbocycles. The Morgan fingerprint density at radius 3 is 2.59 bits per heavy atom. The van der Waals surface area contributed by atoms with E-state index in [0.29, 0.717) is 6.54 Å². The molecule has 0 saturated carbocycles. The summed E-state index contributed by atoms with van der Waals surface area (Å²) < 4.78 is 5.72. The molecule has 1 aliphatic heterocycles. The summed E-state index contributed by atoms with van der Waals surface area (Å²) in [5.41, 5.74) is 0.886. The van der Waals surface area contributed by atoms with E-state index in [2.05, 4.69) is 31.3 Å². The van der Waals surface area contributed by atoms with E-state index in [-0.39, 0.29) is 18.1 Å². The quantitative estimate of drug-likeness (QED) is 0.901. The van der Waals surface area contributed by atoms with E-state index in [0.717, 1.165) is 29.5 Å². The van der Waals surface area contributed by atoms with Crippen molar-refractivity contribution in [2.45, 2.75) is 26.1 Å². The van der Waals surface area contributed by atoms with Crippen LogP contribution in [0.25, 0.3) is 10.8 Å². The zero-order valence-electron chi connectivity index (χ0n) is 13.1. The van der Waals surface area contributed by atoms with E-state index < -0.39 is 0 Å². The molecule has 1 saturated heterocycles. The fraction of sp³-hybridized carbons (Fsp3) is 0.389. The number of fused-ring (bicyclic) bond motifs is 1. The molecular weight excluding hydrogens is 276 g/mol. The van der Waals surface area contributed by atoms with Crippen LogP contribution in [-0.4, -0.2) is 37.7 Å². The van der Waals surface area contributed by atoms with Gasteiger partial charge in [0.2, 0.25) is 0 Å². The van der Waals surface area contributed by atoms with Gasteiger partial charge in [0.25, 0.3) is 5.91 Å². The summed E-state index contributed by atoms with van der Waals surface area (Å²) in [5, 5.41) is 5.28. The summed E-state index contributed by atoms with van der Waals surface area (Å²) in [6.45, 7) is 6.39. The second kappa shape index (κ2) is 6.46. The minimum Gasteiger partial charge on any atom is -0.364 e. The number of rotatable bonds is 3. The van der Waals surface area contributed by atoms with Crippen LogP contribution in [0.4, 0.5) is 5.69 Å². The van der Waals surface area contributed by atoms with E-state index in [9.17, 15) is 4.79 Å². The van der Waals surface area contributed by atoms with E-state index in [1.165, 1.54) is 4.90 Å². The summed E-state index contributed by atoms with van der Waals surface area (Å²) in [7, 11) is 0. The van der Waals surface area contributed by atoms with E-state index in [1.54, 1.807) is 0 Å². The molecule has 4 heteroatoms. The van der Waals surface area contributed by atoms with Gasteiger partial charge in [0.1, 0.15) is 25.3 Å². The maximum atomic E-state index is 12.4. The first-order valence-electron chi connectivity index (χ1n) is 7.88. The van der Waals surface area contributed by atoms with Gasteiger partial charge in [-0.1, -0.05) is 36.4 Å². The summed E-state index contributed by atoms with van der Waals surface area (Å²) in [6, 6.07) is 14.1. The molecule has 2 N–H and O–H groups in total. The largest absolute Gasteiger partial charge is 0.364 e. The molecule has 1 fully saturated rings. The maximum Gasteiger partial charge on any atom is 0.279 e. The highest BCUT2D eigenvalue weighted by molar-refractivity contribution is 6.02. The third kappa shape index (κ3) is 3.46. The van der Waals surface area contributed by atoms with Gasteiger partial charge in [0.05, 0.1) is 0 Å². The fourth-order valence-electron chi connectivity index (χ4n) is 3.29. The molecule has 0 spiro atoms.